The molecule has 0 saturated carbocycles. The Morgan fingerprint density at radius 3 is 2.68 bits per heavy atom. The van der Waals surface area contributed by atoms with E-state index in [-0.39, 0.29) is 12.0 Å². The highest BCUT2D eigenvalue weighted by Crippen LogP contribution is 2.32. The van der Waals surface area contributed by atoms with Gasteiger partial charge in [-0.3, -0.25) is 0 Å². The Morgan fingerprint density at radius 2 is 2.03 bits per heavy atom. The predicted molar refractivity (Wildman–Crippen MR) is 126 cm³/mol. The molecule has 2 unspecified atom stereocenters. The fourth-order valence-corrected chi connectivity index (χ4v) is 4.92. The molecule has 2 atom stereocenters. The van der Waals surface area contributed by atoms with Gasteiger partial charge in [-0.05, 0) is 44.4 Å². The van der Waals surface area contributed by atoms with E-state index in [0.29, 0.717) is 26.6 Å². The van der Waals surface area contributed by atoms with Crippen LogP contribution in [0.2, 0.25) is 10.0 Å². The van der Waals surface area contributed by atoms with Gasteiger partial charge in [-0.2, -0.15) is 4.52 Å². The van der Waals surface area contributed by atoms with E-state index >= 15 is 0 Å². The summed E-state index contributed by atoms with van der Waals surface area (Å²) in [5.74, 6) is 1.41. The molecule has 0 bridgehead atoms. The second-order valence-corrected chi connectivity index (χ2v) is 11.2. The molecule has 0 saturated heterocycles. The molecule has 1 amide bonds. The molecule has 31 heavy (non-hydrogen) atoms. The van der Waals surface area contributed by atoms with Crippen LogP contribution in [-0.4, -0.2) is 31.5 Å². The first kappa shape index (κ1) is 24.1. The maximum atomic E-state index is 12.4. The molecular formula is C20H25Cl2N5O2S2. The lowest BCUT2D eigenvalue weighted by molar-refractivity contribution is 0.0482. The largest absolute Gasteiger partial charge is 0.444 e. The maximum absolute atomic E-state index is 12.4. The average Bonchev–Trinajstić information content (AvgIpc) is 3.25. The van der Waals surface area contributed by atoms with Gasteiger partial charge in [0.15, 0.2) is 10.2 Å². The van der Waals surface area contributed by atoms with E-state index in [2.05, 4.69) is 34.5 Å². The van der Waals surface area contributed by atoms with Crippen LogP contribution in [0.15, 0.2) is 22.5 Å². The summed E-state index contributed by atoms with van der Waals surface area (Å²) >= 11 is 15.1. The smallest absolute Gasteiger partial charge is 0.408 e. The number of fused-ring (bicyclic) bond motifs is 1. The van der Waals surface area contributed by atoms with Gasteiger partial charge >= 0.3 is 6.09 Å². The number of halogens is 2. The number of ether oxygens (including phenoxy) is 1. The van der Waals surface area contributed by atoms with E-state index in [1.165, 1.54) is 11.3 Å². The highest BCUT2D eigenvalue weighted by atomic mass is 35.5. The number of carbonyl (C=O) groups excluding carboxylic acids is 1. The van der Waals surface area contributed by atoms with Gasteiger partial charge in [0.2, 0.25) is 4.96 Å². The van der Waals surface area contributed by atoms with E-state index in [0.717, 1.165) is 16.3 Å². The van der Waals surface area contributed by atoms with E-state index in [1.54, 1.807) is 22.3 Å². The molecule has 0 aliphatic rings. The Labute approximate surface area is 199 Å². The van der Waals surface area contributed by atoms with Crippen molar-refractivity contribution in [2.24, 2.45) is 5.92 Å². The van der Waals surface area contributed by atoms with Gasteiger partial charge in [0.1, 0.15) is 5.60 Å². The molecular weight excluding hydrogens is 477 g/mol. The van der Waals surface area contributed by atoms with Crippen molar-refractivity contribution >= 4 is 57.4 Å². The molecule has 0 aliphatic heterocycles. The Balaban J connectivity index is 1.79. The average molecular weight is 502 g/mol. The van der Waals surface area contributed by atoms with Gasteiger partial charge in [-0.1, -0.05) is 72.6 Å². The van der Waals surface area contributed by atoms with Crippen LogP contribution in [0.3, 0.4) is 0 Å². The zero-order valence-electron chi connectivity index (χ0n) is 18.0. The lowest BCUT2D eigenvalue weighted by Crippen LogP contribution is -2.38. The van der Waals surface area contributed by atoms with Crippen LogP contribution in [-0.2, 0) is 10.5 Å². The topological polar surface area (TPSA) is 81.4 Å². The minimum Gasteiger partial charge on any atom is -0.444 e. The van der Waals surface area contributed by atoms with Crippen molar-refractivity contribution in [3.63, 3.8) is 0 Å². The van der Waals surface area contributed by atoms with Crippen molar-refractivity contribution in [2.75, 3.05) is 0 Å². The van der Waals surface area contributed by atoms with E-state index in [9.17, 15) is 4.79 Å². The zero-order valence-corrected chi connectivity index (χ0v) is 21.1. The molecule has 0 spiro atoms. The SMILES string of the molecule is CCC(C)C(NC(=O)OC(C)(C)C)c1nnc2sc(SCc3ccc(Cl)c(Cl)c3)nn12. The van der Waals surface area contributed by atoms with Crippen molar-refractivity contribution in [3.8, 4) is 0 Å². The maximum Gasteiger partial charge on any atom is 0.408 e. The summed E-state index contributed by atoms with van der Waals surface area (Å²) in [4.78, 5) is 13.1. The second-order valence-electron chi connectivity index (χ2n) is 8.17. The number of carbonyl (C=O) groups is 1. The van der Waals surface area contributed by atoms with Gasteiger partial charge in [0.25, 0.3) is 0 Å². The van der Waals surface area contributed by atoms with Crippen molar-refractivity contribution in [2.45, 2.75) is 62.8 Å². The molecule has 0 aliphatic carbocycles. The standard InChI is InChI=1S/C20H25Cl2N5O2S2/c1-6-11(2)15(23-18(28)29-20(3,4)5)16-24-25-17-27(16)26-19(31-17)30-10-12-7-8-13(21)14(22)9-12/h7-9,11,15H,6,10H2,1-5H3,(H,23,28). The normalized spacial score (nSPS) is 13.9. The van der Waals surface area contributed by atoms with Crippen LogP contribution in [0.1, 0.15) is 58.5 Å². The first-order valence-electron chi connectivity index (χ1n) is 9.85. The molecule has 11 heteroatoms. The fraction of sp³-hybridized carbons (Fsp3) is 0.500. The van der Waals surface area contributed by atoms with Crippen LogP contribution in [0, 0.1) is 5.92 Å². The number of amides is 1. The van der Waals surface area contributed by atoms with E-state index in [1.807, 2.05) is 32.9 Å². The molecule has 168 valence electrons. The summed E-state index contributed by atoms with van der Waals surface area (Å²) in [6, 6.07) is 5.21. The Hall–Kier alpha value is -1.55. The molecule has 0 fully saturated rings. The van der Waals surface area contributed by atoms with Crippen LogP contribution in [0.25, 0.3) is 4.96 Å². The number of alkyl carbamates (subject to hydrolysis) is 1. The highest BCUT2D eigenvalue weighted by molar-refractivity contribution is 8.00. The van der Waals surface area contributed by atoms with Crippen LogP contribution in [0.4, 0.5) is 4.79 Å². The quantitative estimate of drug-likeness (QED) is 0.377. The molecule has 3 aromatic rings. The second kappa shape index (κ2) is 9.94. The molecule has 2 aromatic heterocycles. The third kappa shape index (κ3) is 6.25. The number of aromatic nitrogens is 4. The number of nitrogens with one attached hydrogen (secondary N) is 1. The number of hydrogen-bond acceptors (Lipinski definition) is 7. The predicted octanol–water partition coefficient (Wildman–Crippen LogP) is 6.40. The molecule has 0 radical (unpaired) electrons. The molecule has 7 nitrogen and oxygen atoms in total. The Bertz CT molecular complexity index is 1060. The summed E-state index contributed by atoms with van der Waals surface area (Å²) in [7, 11) is 0. The van der Waals surface area contributed by atoms with Crippen LogP contribution < -0.4 is 5.32 Å². The first-order valence-corrected chi connectivity index (χ1v) is 12.4. The van der Waals surface area contributed by atoms with E-state index < -0.39 is 11.7 Å². The first-order chi connectivity index (χ1) is 14.6. The number of benzene rings is 1. The summed E-state index contributed by atoms with van der Waals surface area (Å²) < 4.78 is 7.98. The van der Waals surface area contributed by atoms with Crippen LogP contribution >= 0.6 is 46.3 Å². The third-order valence-electron chi connectivity index (χ3n) is 4.51. The monoisotopic (exact) mass is 501 g/mol. The Morgan fingerprint density at radius 1 is 1.29 bits per heavy atom. The molecule has 2 heterocycles. The highest BCUT2D eigenvalue weighted by Gasteiger charge is 2.29. The third-order valence-corrected chi connectivity index (χ3v) is 7.35. The van der Waals surface area contributed by atoms with Gasteiger partial charge < -0.3 is 10.1 Å². The van der Waals surface area contributed by atoms with Gasteiger partial charge in [-0.15, -0.1) is 15.3 Å². The van der Waals surface area contributed by atoms with Gasteiger partial charge in [0, 0.05) is 5.75 Å². The van der Waals surface area contributed by atoms with Crippen LogP contribution in [0.5, 0.6) is 0 Å². The van der Waals surface area contributed by atoms with Crippen molar-refractivity contribution in [3.05, 3.63) is 39.6 Å². The summed E-state index contributed by atoms with van der Waals surface area (Å²) in [5.41, 5.74) is 0.467. The summed E-state index contributed by atoms with van der Waals surface area (Å²) in [6.07, 6.45) is 0.359. The molecule has 1 aromatic carbocycles. The molecule has 1 N–H and O–H groups in total. The van der Waals surface area contributed by atoms with Gasteiger partial charge in [-0.25, -0.2) is 4.79 Å². The zero-order chi connectivity index (χ0) is 22.8. The number of nitrogens with zero attached hydrogens (tertiary/aromatic N) is 4. The van der Waals surface area contributed by atoms with Gasteiger partial charge in [0.05, 0.1) is 16.1 Å². The lowest BCUT2D eigenvalue weighted by atomic mass is 9.99. The number of hydrogen-bond donors (Lipinski definition) is 1. The lowest BCUT2D eigenvalue weighted by Gasteiger charge is -2.25. The van der Waals surface area contributed by atoms with E-state index in [4.69, 9.17) is 27.9 Å². The van der Waals surface area contributed by atoms with Crippen molar-refractivity contribution in [1.82, 2.24) is 25.1 Å². The van der Waals surface area contributed by atoms with Crippen molar-refractivity contribution in [1.29, 1.82) is 0 Å². The van der Waals surface area contributed by atoms with Crippen molar-refractivity contribution < 1.29 is 9.53 Å². The number of rotatable bonds is 7. The fourth-order valence-electron chi connectivity index (χ4n) is 2.77. The molecule has 3 rings (SSSR count). The summed E-state index contributed by atoms with van der Waals surface area (Å²) in [6.45, 7) is 9.61. The minimum absolute atomic E-state index is 0.119. The minimum atomic E-state index is -0.584. The Kier molecular flexibility index (Phi) is 7.72. The number of thioether (sulfide) groups is 1. The summed E-state index contributed by atoms with van der Waals surface area (Å²) in [5, 5.41) is 17.2.